The molecule has 0 saturated carbocycles. The molecule has 0 spiro atoms. The summed E-state index contributed by atoms with van der Waals surface area (Å²) >= 11 is 3.21. The summed E-state index contributed by atoms with van der Waals surface area (Å²) in [7, 11) is 0. The van der Waals surface area contributed by atoms with Crippen LogP contribution in [0.15, 0.2) is 12.1 Å². The number of halogens is 8. The lowest BCUT2D eigenvalue weighted by atomic mass is 10.1. The first-order valence-corrected chi connectivity index (χ1v) is 8.00. The first-order valence-electron chi connectivity index (χ1n) is 5.84. The fourth-order valence-corrected chi connectivity index (χ4v) is 3.48. The van der Waals surface area contributed by atoms with Gasteiger partial charge in [-0.3, -0.25) is 0 Å². The van der Waals surface area contributed by atoms with Crippen LogP contribution in [0, 0.1) is 7.14 Å². The van der Waals surface area contributed by atoms with E-state index in [2.05, 4.69) is 4.74 Å². The molecule has 4 nitrogen and oxygen atoms in total. The normalized spacial score (nSPS) is 13.0. The van der Waals surface area contributed by atoms with Gasteiger partial charge in [-0.15, -0.1) is 0 Å². The monoisotopic (exact) mass is 583 g/mol. The molecule has 1 aromatic rings. The zero-order chi connectivity index (χ0) is 18.9. The maximum atomic E-state index is 13.5. The lowest BCUT2D eigenvalue weighted by Crippen LogP contribution is -2.58. The van der Waals surface area contributed by atoms with E-state index in [9.17, 15) is 36.2 Å². The van der Waals surface area contributed by atoms with Crippen LogP contribution in [0.2, 0.25) is 0 Å². The van der Waals surface area contributed by atoms with Crippen molar-refractivity contribution in [3.8, 4) is 5.75 Å². The Hall–Kier alpha value is -0.510. The molecule has 0 heterocycles. The number of alkyl halides is 6. The van der Waals surface area contributed by atoms with Gasteiger partial charge in [0.1, 0.15) is 12.4 Å². The van der Waals surface area contributed by atoms with Gasteiger partial charge in [-0.2, -0.15) is 26.3 Å². The zero-order valence-electron chi connectivity index (χ0n) is 11.3. The van der Waals surface area contributed by atoms with E-state index in [1.165, 1.54) is 28.7 Å². The number of hydrogen-bond donors (Lipinski definition) is 1. The van der Waals surface area contributed by atoms with Gasteiger partial charge < -0.3 is 19.7 Å². The summed E-state index contributed by atoms with van der Waals surface area (Å²) in [6.07, 6.45) is 0. The van der Waals surface area contributed by atoms with Crippen LogP contribution in [0.5, 0.6) is 5.75 Å². The second-order valence-corrected chi connectivity index (χ2v) is 6.89. The lowest BCUT2D eigenvalue weighted by Gasteiger charge is -2.31. The van der Waals surface area contributed by atoms with E-state index < -0.39 is 48.3 Å². The zero-order valence-corrected chi connectivity index (χ0v) is 15.6. The molecule has 0 radical (unpaired) electrons. The Kier molecular flexibility index (Phi) is 6.63. The minimum Gasteiger partial charge on any atom is -0.545 e. The first kappa shape index (κ1) is 21.5. The van der Waals surface area contributed by atoms with E-state index in [-0.39, 0.29) is 3.57 Å². The number of carboxylic acids is 1. The van der Waals surface area contributed by atoms with Gasteiger partial charge in [0.25, 0.3) is 0 Å². The third kappa shape index (κ3) is 4.17. The summed E-state index contributed by atoms with van der Waals surface area (Å²) in [5, 5.41) is 19.1. The number of benzene rings is 1. The molecule has 0 aliphatic heterocycles. The third-order valence-corrected chi connectivity index (χ3v) is 4.17. The minimum absolute atomic E-state index is 0.0215. The van der Waals surface area contributed by atoms with Crippen molar-refractivity contribution in [1.29, 1.82) is 0 Å². The highest BCUT2D eigenvalue weighted by molar-refractivity contribution is 14.1. The van der Waals surface area contributed by atoms with Crippen molar-refractivity contribution in [2.75, 3.05) is 13.2 Å². The van der Waals surface area contributed by atoms with Crippen LogP contribution in [0.4, 0.5) is 26.3 Å². The van der Waals surface area contributed by atoms with Crippen LogP contribution in [0.25, 0.3) is 0 Å². The van der Waals surface area contributed by atoms with E-state index in [4.69, 9.17) is 5.11 Å². The van der Waals surface area contributed by atoms with Crippen molar-refractivity contribution in [1.82, 2.24) is 0 Å². The predicted octanol–water partition coefficient (Wildman–Crippen LogP) is 2.54. The van der Waals surface area contributed by atoms with Crippen molar-refractivity contribution in [3.05, 3.63) is 24.8 Å². The highest BCUT2D eigenvalue weighted by Gasteiger charge is 2.71. The molecule has 1 N–H and O–H groups in total. The van der Waals surface area contributed by atoms with E-state index in [1.54, 1.807) is 22.6 Å². The van der Waals surface area contributed by atoms with Gasteiger partial charge in [0, 0.05) is 9.13 Å². The number of carboxylic acid groups (broad SMARTS) is 1. The molecule has 136 valence electrons. The largest absolute Gasteiger partial charge is 0.545 e. The van der Waals surface area contributed by atoms with Crippen molar-refractivity contribution in [3.63, 3.8) is 0 Å². The number of carbonyl (C=O) groups excluding carboxylic acids is 1. The van der Waals surface area contributed by atoms with Gasteiger partial charge >= 0.3 is 17.8 Å². The molecule has 0 atom stereocenters. The number of ether oxygens (including phenoxy) is 1. The number of aromatic carboxylic acids is 1. The molecule has 0 fully saturated rings. The molecule has 0 aromatic heterocycles. The first-order chi connectivity index (χ1) is 10.8. The molecular weight excluding hydrogens is 576 g/mol. The SMILES string of the molecule is O=C([O-])c1cc(I)cc(I)c1OCC(F)(F)C(F)(F)C(F)(F)CO. The molecule has 0 aliphatic rings. The Morgan fingerprint density at radius 2 is 1.67 bits per heavy atom. The average Bonchev–Trinajstić information content (AvgIpc) is 2.44. The standard InChI is InChI=1S/C12H8F6I2O4/c13-10(14,3-21)12(17,18)11(15,16)4-24-8-6(9(22)23)1-5(19)2-7(8)20/h1-2,21H,3-4H2,(H,22,23)/p-1. The Bertz CT molecular complexity index is 638. The maximum absolute atomic E-state index is 13.5. The molecule has 1 rings (SSSR count). The summed E-state index contributed by atoms with van der Waals surface area (Å²) in [5.74, 6) is -19.2. The molecule has 0 bridgehead atoms. The van der Waals surface area contributed by atoms with E-state index in [1.807, 2.05) is 0 Å². The molecule has 12 heteroatoms. The number of aliphatic hydroxyl groups is 1. The summed E-state index contributed by atoms with van der Waals surface area (Å²) in [4.78, 5) is 11.0. The van der Waals surface area contributed by atoms with Crippen LogP contribution in [0.3, 0.4) is 0 Å². The predicted molar refractivity (Wildman–Crippen MR) is 83.6 cm³/mol. The number of carbonyl (C=O) groups is 1. The number of aliphatic hydroxyl groups excluding tert-OH is 1. The van der Waals surface area contributed by atoms with Crippen molar-refractivity contribution < 1.29 is 46.1 Å². The van der Waals surface area contributed by atoms with Crippen molar-refractivity contribution >= 4 is 51.2 Å². The second-order valence-electron chi connectivity index (χ2n) is 4.48. The number of hydrogen-bond acceptors (Lipinski definition) is 4. The molecule has 0 amide bonds. The fourth-order valence-electron chi connectivity index (χ4n) is 1.48. The van der Waals surface area contributed by atoms with Crippen molar-refractivity contribution in [2.45, 2.75) is 17.8 Å². The van der Waals surface area contributed by atoms with Crippen LogP contribution in [-0.2, 0) is 0 Å². The van der Waals surface area contributed by atoms with Crippen LogP contribution in [-0.4, -0.2) is 42.1 Å². The Morgan fingerprint density at radius 1 is 1.12 bits per heavy atom. The Balaban J connectivity index is 3.15. The lowest BCUT2D eigenvalue weighted by molar-refractivity contribution is -0.321. The highest BCUT2D eigenvalue weighted by atomic mass is 127. The summed E-state index contributed by atoms with van der Waals surface area (Å²) in [6, 6.07) is 2.27. The van der Waals surface area contributed by atoms with Gasteiger partial charge in [0.2, 0.25) is 0 Å². The van der Waals surface area contributed by atoms with E-state index in [0.717, 1.165) is 6.07 Å². The Labute approximate surface area is 158 Å². The van der Waals surface area contributed by atoms with E-state index >= 15 is 0 Å². The molecule has 1 aromatic carbocycles. The molecular formula is C12H7F6I2O4-. The smallest absolute Gasteiger partial charge is 0.377 e. The van der Waals surface area contributed by atoms with Gasteiger partial charge in [0.15, 0.2) is 6.61 Å². The third-order valence-electron chi connectivity index (χ3n) is 2.74. The Morgan fingerprint density at radius 3 is 2.12 bits per heavy atom. The molecule has 0 unspecified atom stereocenters. The maximum Gasteiger partial charge on any atom is 0.377 e. The topological polar surface area (TPSA) is 69.6 Å². The number of rotatable bonds is 7. The van der Waals surface area contributed by atoms with E-state index in [0.29, 0.717) is 3.57 Å². The summed E-state index contributed by atoms with van der Waals surface area (Å²) in [6.45, 7) is -4.73. The van der Waals surface area contributed by atoms with Gasteiger partial charge in [-0.05, 0) is 57.3 Å². The summed E-state index contributed by atoms with van der Waals surface area (Å²) in [5.41, 5.74) is -0.695. The van der Waals surface area contributed by atoms with Gasteiger partial charge in [0.05, 0.1) is 9.54 Å². The minimum atomic E-state index is -5.91. The second kappa shape index (κ2) is 7.39. The van der Waals surface area contributed by atoms with Crippen LogP contribution in [0.1, 0.15) is 10.4 Å². The summed E-state index contributed by atoms with van der Waals surface area (Å²) < 4.78 is 83.9. The molecule has 24 heavy (non-hydrogen) atoms. The highest BCUT2D eigenvalue weighted by Crippen LogP contribution is 2.45. The van der Waals surface area contributed by atoms with Crippen molar-refractivity contribution in [2.24, 2.45) is 0 Å². The molecule has 0 aliphatic carbocycles. The molecule has 0 saturated heterocycles. The average molecular weight is 583 g/mol. The van der Waals surface area contributed by atoms with Gasteiger partial charge in [-0.1, -0.05) is 0 Å². The van der Waals surface area contributed by atoms with Gasteiger partial charge in [-0.25, -0.2) is 0 Å². The quantitative estimate of drug-likeness (QED) is 0.396. The van der Waals surface area contributed by atoms with Crippen LogP contribution < -0.4 is 9.84 Å². The van der Waals surface area contributed by atoms with Crippen LogP contribution >= 0.6 is 45.2 Å². The fraction of sp³-hybridized carbons (Fsp3) is 0.417.